The maximum absolute atomic E-state index is 12.1. The van der Waals surface area contributed by atoms with Gasteiger partial charge >= 0.3 is 5.97 Å². The molecule has 1 aromatic carbocycles. The lowest BCUT2D eigenvalue weighted by Crippen LogP contribution is -2.08. The van der Waals surface area contributed by atoms with E-state index < -0.39 is 0 Å². The first kappa shape index (κ1) is 13.8. The second-order valence-electron chi connectivity index (χ2n) is 5.84. The molecule has 0 unspecified atom stereocenters. The highest BCUT2D eigenvalue weighted by Crippen LogP contribution is 2.40. The average molecular weight is 311 g/mol. The molecular formula is C18H21N3O2. The molecule has 1 saturated carbocycles. The van der Waals surface area contributed by atoms with Crippen LogP contribution in [0.15, 0.2) is 42.7 Å². The van der Waals surface area contributed by atoms with Gasteiger partial charge in [-0.1, -0.05) is 0 Å². The number of ether oxygens (including phenoxy) is 1. The number of benzene rings is 1. The van der Waals surface area contributed by atoms with Gasteiger partial charge in [-0.05, 0) is 54.7 Å². The van der Waals surface area contributed by atoms with E-state index in [1.807, 2.05) is 42.7 Å². The Kier molecular flexibility index (Phi) is 3.26. The number of pyridine rings is 1. The number of nitrogens with zero attached hydrogens (tertiary/aromatic N) is 1. The minimum atomic E-state index is -0.370. The number of aromatic nitrogens is 2. The molecule has 1 aliphatic rings. The number of nitrogens with one attached hydrogen (secondary N) is 2. The van der Waals surface area contributed by atoms with Crippen LogP contribution in [0.25, 0.3) is 10.9 Å². The van der Waals surface area contributed by atoms with Gasteiger partial charge in [0, 0.05) is 31.8 Å². The van der Waals surface area contributed by atoms with Gasteiger partial charge in [0.25, 0.3) is 0 Å². The van der Waals surface area contributed by atoms with Crippen LogP contribution in [0.4, 0.5) is 11.5 Å². The number of rotatable bonds is 4. The molecule has 1 fully saturated rings. The summed E-state index contributed by atoms with van der Waals surface area (Å²) >= 11 is 0. The number of esters is 1. The fourth-order valence-electron chi connectivity index (χ4n) is 2.75. The van der Waals surface area contributed by atoms with Gasteiger partial charge in [0.1, 0.15) is 11.4 Å². The summed E-state index contributed by atoms with van der Waals surface area (Å²) in [6.07, 6.45) is 6.08. The van der Waals surface area contributed by atoms with Crippen LogP contribution in [0.5, 0.6) is 0 Å². The number of aromatic amines is 1. The lowest BCUT2D eigenvalue weighted by molar-refractivity contribution is 0.0601. The molecule has 3 aromatic rings. The minimum Gasteiger partial charge on any atom is -0.465 e. The number of anilines is 2. The maximum Gasteiger partial charge on any atom is 0.341 e. The molecular weight excluding hydrogens is 290 g/mol. The predicted molar refractivity (Wildman–Crippen MR) is 93.4 cm³/mol. The van der Waals surface area contributed by atoms with E-state index in [4.69, 9.17) is 4.74 Å². The third kappa shape index (κ3) is 2.65. The molecule has 4 rings (SSSR count). The lowest BCUT2D eigenvalue weighted by Gasteiger charge is -2.11. The van der Waals surface area contributed by atoms with Crippen molar-refractivity contribution in [3.8, 4) is 0 Å². The molecule has 0 amide bonds. The number of methoxy groups -OCH3 is 1. The fourth-order valence-corrected chi connectivity index (χ4v) is 2.75. The van der Waals surface area contributed by atoms with E-state index in [9.17, 15) is 4.79 Å². The van der Waals surface area contributed by atoms with Crippen molar-refractivity contribution < 1.29 is 12.4 Å². The van der Waals surface area contributed by atoms with Crippen molar-refractivity contribution in [3.63, 3.8) is 0 Å². The Labute approximate surface area is 136 Å². The minimum absolute atomic E-state index is 0. The summed E-state index contributed by atoms with van der Waals surface area (Å²) in [5.41, 5.74) is 3.54. The second-order valence-corrected chi connectivity index (χ2v) is 5.84. The first-order chi connectivity index (χ1) is 11.2. The van der Waals surface area contributed by atoms with Crippen molar-refractivity contribution in [3.05, 3.63) is 53.9 Å². The van der Waals surface area contributed by atoms with Crippen LogP contribution in [0, 0.1) is 0 Å². The Balaban J connectivity index is 0.00000113. The molecule has 0 spiro atoms. The third-order valence-corrected chi connectivity index (χ3v) is 4.18. The van der Waals surface area contributed by atoms with Crippen LogP contribution in [0.3, 0.4) is 0 Å². The van der Waals surface area contributed by atoms with Crippen molar-refractivity contribution in [2.24, 2.45) is 0 Å². The maximum atomic E-state index is 12.1. The summed E-state index contributed by atoms with van der Waals surface area (Å²) in [5, 5.41) is 4.33. The Morgan fingerprint density at radius 1 is 1.35 bits per heavy atom. The standard InChI is InChI=1S/C18H17N3O2.2H2/c1-23-18(22)15-9-13(11-2-3-11)10-20-17(15)21-14-4-5-16-12(8-14)6-7-19-16;;/h4-11,19H,2-3H2,1H3,(H,20,21);2*1H. The van der Waals surface area contributed by atoms with E-state index in [0.717, 1.165) is 22.2 Å². The molecule has 120 valence electrons. The first-order valence-corrected chi connectivity index (χ1v) is 7.67. The number of H-pyrrole nitrogens is 1. The van der Waals surface area contributed by atoms with Gasteiger partial charge in [0.15, 0.2) is 0 Å². The highest BCUT2D eigenvalue weighted by atomic mass is 16.5. The summed E-state index contributed by atoms with van der Waals surface area (Å²) in [6.45, 7) is 0. The lowest BCUT2D eigenvalue weighted by atomic mass is 10.1. The highest BCUT2D eigenvalue weighted by Gasteiger charge is 2.26. The first-order valence-electron chi connectivity index (χ1n) is 7.67. The zero-order valence-electron chi connectivity index (χ0n) is 12.8. The zero-order chi connectivity index (χ0) is 15.8. The van der Waals surface area contributed by atoms with Gasteiger partial charge in [-0.25, -0.2) is 9.78 Å². The Morgan fingerprint density at radius 3 is 3.00 bits per heavy atom. The van der Waals surface area contributed by atoms with Crippen LogP contribution < -0.4 is 5.32 Å². The van der Waals surface area contributed by atoms with Crippen molar-refractivity contribution in [2.75, 3.05) is 12.4 Å². The Morgan fingerprint density at radius 2 is 2.22 bits per heavy atom. The van der Waals surface area contributed by atoms with E-state index in [0.29, 0.717) is 17.3 Å². The number of carbonyl (C=O) groups is 1. The van der Waals surface area contributed by atoms with Crippen molar-refractivity contribution in [2.45, 2.75) is 18.8 Å². The van der Waals surface area contributed by atoms with Crippen molar-refractivity contribution >= 4 is 28.4 Å². The Hall–Kier alpha value is -2.82. The van der Waals surface area contributed by atoms with Crippen LogP contribution in [0.2, 0.25) is 0 Å². The molecule has 0 atom stereocenters. The van der Waals surface area contributed by atoms with Crippen molar-refractivity contribution in [1.29, 1.82) is 0 Å². The molecule has 0 radical (unpaired) electrons. The Bertz CT molecular complexity index is 891. The van der Waals surface area contributed by atoms with Crippen LogP contribution >= 0.6 is 0 Å². The summed E-state index contributed by atoms with van der Waals surface area (Å²) in [7, 11) is 1.39. The van der Waals surface area contributed by atoms with Gasteiger partial charge < -0.3 is 15.0 Å². The highest BCUT2D eigenvalue weighted by molar-refractivity contribution is 5.96. The smallest absolute Gasteiger partial charge is 0.341 e. The van der Waals surface area contributed by atoms with Gasteiger partial charge in [-0.15, -0.1) is 0 Å². The number of hydrogen-bond acceptors (Lipinski definition) is 4. The van der Waals surface area contributed by atoms with E-state index >= 15 is 0 Å². The quantitative estimate of drug-likeness (QED) is 0.698. The fraction of sp³-hybridized carbons (Fsp3) is 0.222. The molecule has 2 heterocycles. The van der Waals surface area contributed by atoms with Gasteiger partial charge in [0.2, 0.25) is 0 Å². The number of carbonyl (C=O) groups excluding carboxylic acids is 1. The molecule has 0 aliphatic heterocycles. The average Bonchev–Trinajstić information content (AvgIpc) is 3.32. The number of fused-ring (bicyclic) bond motifs is 1. The van der Waals surface area contributed by atoms with Crippen LogP contribution in [-0.4, -0.2) is 23.0 Å². The molecule has 2 N–H and O–H groups in total. The summed E-state index contributed by atoms with van der Waals surface area (Å²) in [4.78, 5) is 19.7. The SMILES string of the molecule is COC(=O)c1cc(C2CC2)cnc1Nc1ccc2[nH]ccc2c1.[HH].[HH]. The third-order valence-electron chi connectivity index (χ3n) is 4.18. The molecule has 5 heteroatoms. The summed E-state index contributed by atoms with van der Waals surface area (Å²) < 4.78 is 4.90. The summed E-state index contributed by atoms with van der Waals surface area (Å²) in [5.74, 6) is 0.692. The molecule has 2 aromatic heterocycles. The van der Waals surface area contributed by atoms with E-state index in [1.54, 1.807) is 0 Å². The molecule has 0 bridgehead atoms. The molecule has 0 saturated heterocycles. The van der Waals surface area contributed by atoms with E-state index in [1.165, 1.54) is 20.0 Å². The van der Waals surface area contributed by atoms with Gasteiger partial charge in [0.05, 0.1) is 7.11 Å². The largest absolute Gasteiger partial charge is 0.465 e. The normalized spacial score (nSPS) is 14.0. The number of hydrogen-bond donors (Lipinski definition) is 2. The zero-order valence-corrected chi connectivity index (χ0v) is 12.8. The monoisotopic (exact) mass is 311 g/mol. The molecule has 5 nitrogen and oxygen atoms in total. The van der Waals surface area contributed by atoms with E-state index in [2.05, 4.69) is 15.3 Å². The topological polar surface area (TPSA) is 67.0 Å². The van der Waals surface area contributed by atoms with Crippen molar-refractivity contribution in [1.82, 2.24) is 9.97 Å². The van der Waals surface area contributed by atoms with E-state index in [-0.39, 0.29) is 8.82 Å². The van der Waals surface area contributed by atoms with Gasteiger partial charge in [-0.3, -0.25) is 0 Å². The predicted octanol–water partition coefficient (Wildman–Crippen LogP) is 4.46. The van der Waals surface area contributed by atoms with Gasteiger partial charge in [-0.2, -0.15) is 0 Å². The van der Waals surface area contributed by atoms with Crippen LogP contribution in [0.1, 0.15) is 37.5 Å². The molecule has 23 heavy (non-hydrogen) atoms. The summed E-state index contributed by atoms with van der Waals surface area (Å²) in [6, 6.07) is 9.87. The van der Waals surface area contributed by atoms with Crippen LogP contribution in [-0.2, 0) is 4.74 Å². The molecule has 1 aliphatic carbocycles. The second kappa shape index (κ2) is 5.43.